The van der Waals surface area contributed by atoms with E-state index in [9.17, 15) is 4.79 Å². The first-order valence-electron chi connectivity index (χ1n) is 5.58. The van der Waals surface area contributed by atoms with Crippen molar-refractivity contribution in [1.29, 1.82) is 0 Å². The molecule has 2 atom stereocenters. The molecule has 14 heavy (non-hydrogen) atoms. The van der Waals surface area contributed by atoms with E-state index >= 15 is 0 Å². The second kappa shape index (κ2) is 4.41. The van der Waals surface area contributed by atoms with Crippen LogP contribution < -0.4 is 0 Å². The van der Waals surface area contributed by atoms with Gasteiger partial charge in [0.25, 0.3) is 0 Å². The van der Waals surface area contributed by atoms with E-state index < -0.39 is 0 Å². The topological polar surface area (TPSA) is 29.5 Å². The minimum atomic E-state index is 0.395. The average Bonchev–Trinajstić information content (AvgIpc) is 2.66. The van der Waals surface area contributed by atoms with Crippen LogP contribution in [0.4, 0.5) is 0 Å². The zero-order chi connectivity index (χ0) is 9.97. The number of ether oxygens (including phenoxy) is 1. The molecule has 2 fully saturated rings. The van der Waals surface area contributed by atoms with Crippen LogP contribution in [0.25, 0.3) is 0 Å². The van der Waals surface area contributed by atoms with Gasteiger partial charge in [0.1, 0.15) is 5.78 Å². The van der Waals surface area contributed by atoms with Crippen LogP contribution in [0.15, 0.2) is 0 Å². The molecule has 3 heteroatoms. The number of likely N-dealkylation sites (tertiary alicyclic amines) is 1. The molecule has 0 aromatic rings. The van der Waals surface area contributed by atoms with Crippen LogP contribution in [0.3, 0.4) is 0 Å². The third kappa shape index (κ3) is 2.15. The van der Waals surface area contributed by atoms with Gasteiger partial charge in [-0.05, 0) is 19.3 Å². The van der Waals surface area contributed by atoms with Crippen LogP contribution in [-0.4, -0.2) is 43.0 Å². The first-order chi connectivity index (χ1) is 6.79. The predicted octanol–water partition coefficient (Wildman–Crippen LogP) is 1.22. The van der Waals surface area contributed by atoms with E-state index in [2.05, 4.69) is 4.90 Å². The Morgan fingerprint density at radius 3 is 2.93 bits per heavy atom. The van der Waals surface area contributed by atoms with E-state index in [1.807, 2.05) is 0 Å². The summed E-state index contributed by atoms with van der Waals surface area (Å²) >= 11 is 0. The van der Waals surface area contributed by atoms with Gasteiger partial charge in [0.15, 0.2) is 0 Å². The van der Waals surface area contributed by atoms with Crippen LogP contribution in [0.5, 0.6) is 0 Å². The number of Topliss-reactive ketones (excluding diaryl/α,β-unsaturated/α-hetero) is 1. The summed E-state index contributed by atoms with van der Waals surface area (Å²) in [4.78, 5) is 13.8. The van der Waals surface area contributed by atoms with Crippen molar-refractivity contribution in [1.82, 2.24) is 4.90 Å². The molecule has 80 valence electrons. The first kappa shape index (κ1) is 10.1. The van der Waals surface area contributed by atoms with Crippen molar-refractivity contribution in [2.24, 2.45) is 0 Å². The highest BCUT2D eigenvalue weighted by Gasteiger charge is 2.30. The predicted molar refractivity (Wildman–Crippen MR) is 54.3 cm³/mol. The van der Waals surface area contributed by atoms with Gasteiger partial charge in [-0.2, -0.15) is 0 Å². The smallest absolute Gasteiger partial charge is 0.134 e. The summed E-state index contributed by atoms with van der Waals surface area (Å²) in [5, 5.41) is 0. The number of nitrogens with zero attached hydrogens (tertiary/aromatic N) is 1. The Bertz CT molecular complexity index is 217. The van der Waals surface area contributed by atoms with Crippen molar-refractivity contribution >= 4 is 5.78 Å². The molecule has 0 amide bonds. The van der Waals surface area contributed by atoms with E-state index in [-0.39, 0.29) is 0 Å². The lowest BCUT2D eigenvalue weighted by Crippen LogP contribution is -2.38. The van der Waals surface area contributed by atoms with Crippen molar-refractivity contribution in [3.63, 3.8) is 0 Å². The Morgan fingerprint density at radius 1 is 1.43 bits per heavy atom. The fourth-order valence-electron chi connectivity index (χ4n) is 2.59. The van der Waals surface area contributed by atoms with Gasteiger partial charge >= 0.3 is 0 Å². The molecule has 1 aliphatic carbocycles. The summed E-state index contributed by atoms with van der Waals surface area (Å²) in [6, 6.07) is 0.511. The fraction of sp³-hybridized carbons (Fsp3) is 0.909. The second-order valence-electron chi connectivity index (χ2n) is 4.43. The van der Waals surface area contributed by atoms with E-state index in [0.29, 0.717) is 17.9 Å². The maximum absolute atomic E-state index is 11.3. The maximum atomic E-state index is 11.3. The molecule has 1 saturated heterocycles. The Kier molecular flexibility index (Phi) is 3.19. The minimum Gasteiger partial charge on any atom is -0.380 e. The fourth-order valence-corrected chi connectivity index (χ4v) is 2.59. The van der Waals surface area contributed by atoms with Crippen LogP contribution >= 0.6 is 0 Å². The van der Waals surface area contributed by atoms with E-state index in [1.54, 1.807) is 7.11 Å². The van der Waals surface area contributed by atoms with Crippen LogP contribution in [0, 0.1) is 0 Å². The highest BCUT2D eigenvalue weighted by molar-refractivity contribution is 5.79. The van der Waals surface area contributed by atoms with Crippen molar-refractivity contribution in [2.45, 2.75) is 44.2 Å². The van der Waals surface area contributed by atoms with Crippen LogP contribution in [0.1, 0.15) is 32.1 Å². The third-order valence-corrected chi connectivity index (χ3v) is 3.48. The van der Waals surface area contributed by atoms with Crippen LogP contribution in [-0.2, 0) is 9.53 Å². The molecule has 2 rings (SSSR count). The monoisotopic (exact) mass is 197 g/mol. The van der Waals surface area contributed by atoms with Gasteiger partial charge in [-0.3, -0.25) is 9.69 Å². The van der Waals surface area contributed by atoms with Crippen molar-refractivity contribution in [3.8, 4) is 0 Å². The number of rotatable bonds is 2. The number of methoxy groups -OCH3 is 1. The minimum absolute atomic E-state index is 0.395. The molecule has 0 bridgehead atoms. The molecule has 0 radical (unpaired) electrons. The van der Waals surface area contributed by atoms with Gasteiger partial charge < -0.3 is 4.74 Å². The number of ketones is 1. The molecular formula is C11H19NO2. The molecule has 2 unspecified atom stereocenters. The zero-order valence-corrected chi connectivity index (χ0v) is 8.87. The summed E-state index contributed by atoms with van der Waals surface area (Å²) in [6.07, 6.45) is 5.38. The lowest BCUT2D eigenvalue weighted by molar-refractivity contribution is -0.121. The molecule has 1 saturated carbocycles. The Hall–Kier alpha value is -0.410. The SMILES string of the molecule is COC1CCN(C2CCCC(=O)C2)C1. The Labute approximate surface area is 85.4 Å². The number of hydrogen-bond donors (Lipinski definition) is 0. The molecule has 0 N–H and O–H groups in total. The number of carbonyl (C=O) groups is 1. The number of carbonyl (C=O) groups excluding carboxylic acids is 1. The first-order valence-corrected chi connectivity index (χ1v) is 5.58. The van der Waals surface area contributed by atoms with E-state index in [4.69, 9.17) is 4.74 Å². The normalized spacial score (nSPS) is 35.1. The zero-order valence-electron chi connectivity index (χ0n) is 8.87. The molecule has 0 spiro atoms. The largest absolute Gasteiger partial charge is 0.380 e. The van der Waals surface area contributed by atoms with Crippen molar-refractivity contribution in [3.05, 3.63) is 0 Å². The molecule has 1 aliphatic heterocycles. The summed E-state index contributed by atoms with van der Waals surface area (Å²) < 4.78 is 5.33. The summed E-state index contributed by atoms with van der Waals surface area (Å²) in [5.74, 6) is 0.446. The standard InChI is InChI=1S/C11H19NO2/c1-14-11-5-6-12(8-11)9-3-2-4-10(13)7-9/h9,11H,2-8H2,1H3. The second-order valence-corrected chi connectivity index (χ2v) is 4.43. The summed E-state index contributed by atoms with van der Waals surface area (Å²) in [6.45, 7) is 2.13. The van der Waals surface area contributed by atoms with Crippen LogP contribution in [0.2, 0.25) is 0 Å². The molecule has 0 aromatic heterocycles. The maximum Gasteiger partial charge on any atom is 0.134 e. The molecule has 1 heterocycles. The lowest BCUT2D eigenvalue weighted by Gasteiger charge is -2.30. The molecule has 0 aromatic carbocycles. The summed E-state index contributed by atoms with van der Waals surface area (Å²) in [7, 11) is 1.78. The quantitative estimate of drug-likeness (QED) is 0.666. The van der Waals surface area contributed by atoms with Gasteiger partial charge in [-0.15, -0.1) is 0 Å². The van der Waals surface area contributed by atoms with Gasteiger partial charge in [0, 0.05) is 39.1 Å². The molecule has 2 aliphatic rings. The Morgan fingerprint density at radius 2 is 2.29 bits per heavy atom. The van der Waals surface area contributed by atoms with E-state index in [0.717, 1.165) is 38.8 Å². The van der Waals surface area contributed by atoms with Gasteiger partial charge in [-0.25, -0.2) is 0 Å². The van der Waals surface area contributed by atoms with Gasteiger partial charge in [0.2, 0.25) is 0 Å². The van der Waals surface area contributed by atoms with Gasteiger partial charge in [0.05, 0.1) is 6.10 Å². The van der Waals surface area contributed by atoms with E-state index in [1.165, 1.54) is 6.42 Å². The van der Waals surface area contributed by atoms with Crippen molar-refractivity contribution in [2.75, 3.05) is 20.2 Å². The average molecular weight is 197 g/mol. The summed E-state index contributed by atoms with van der Waals surface area (Å²) in [5.41, 5.74) is 0. The third-order valence-electron chi connectivity index (χ3n) is 3.48. The van der Waals surface area contributed by atoms with Gasteiger partial charge in [-0.1, -0.05) is 0 Å². The highest BCUT2D eigenvalue weighted by atomic mass is 16.5. The molecular weight excluding hydrogens is 178 g/mol. The Balaban J connectivity index is 1.86. The van der Waals surface area contributed by atoms with Crippen molar-refractivity contribution < 1.29 is 9.53 Å². The highest BCUT2D eigenvalue weighted by Crippen LogP contribution is 2.24. The molecule has 3 nitrogen and oxygen atoms in total. The lowest BCUT2D eigenvalue weighted by atomic mass is 9.93. The number of hydrogen-bond acceptors (Lipinski definition) is 3.